The monoisotopic (exact) mass is 398 g/mol. The van der Waals surface area contributed by atoms with E-state index in [0.717, 1.165) is 18.8 Å². The minimum absolute atomic E-state index is 0.101. The standard InChI is InChI=1S/C21H20ClFN4O/c1-15-12-20(27(24-15)19-7-3-5-17(23)14-19)21(28)26-10-8-25(9-11-26)18-6-2-4-16(22)13-18/h2-7,12-14H,8-11H2,1H3. The number of carbonyl (C=O) groups excluding carboxylic acids is 1. The lowest BCUT2D eigenvalue weighted by Crippen LogP contribution is -2.49. The van der Waals surface area contributed by atoms with Gasteiger partial charge in [0.1, 0.15) is 11.5 Å². The lowest BCUT2D eigenvalue weighted by molar-refractivity contribution is 0.0737. The zero-order chi connectivity index (χ0) is 19.7. The van der Waals surface area contributed by atoms with Crippen molar-refractivity contribution in [3.05, 3.63) is 76.8 Å². The second-order valence-electron chi connectivity index (χ2n) is 6.82. The summed E-state index contributed by atoms with van der Waals surface area (Å²) in [6.45, 7) is 4.46. The zero-order valence-corrected chi connectivity index (χ0v) is 16.2. The summed E-state index contributed by atoms with van der Waals surface area (Å²) >= 11 is 6.08. The number of carbonyl (C=O) groups is 1. The predicted molar refractivity (Wildman–Crippen MR) is 108 cm³/mol. The molecule has 1 amide bonds. The Morgan fingerprint density at radius 3 is 2.43 bits per heavy atom. The topological polar surface area (TPSA) is 41.4 Å². The van der Waals surface area contributed by atoms with E-state index < -0.39 is 0 Å². The highest BCUT2D eigenvalue weighted by atomic mass is 35.5. The molecule has 28 heavy (non-hydrogen) atoms. The Kier molecular flexibility index (Phi) is 5.05. The molecule has 0 N–H and O–H groups in total. The van der Waals surface area contributed by atoms with Crippen LogP contribution in [0, 0.1) is 12.7 Å². The fourth-order valence-electron chi connectivity index (χ4n) is 3.46. The molecule has 0 unspecified atom stereocenters. The number of halogens is 2. The number of hydrogen-bond acceptors (Lipinski definition) is 3. The molecule has 144 valence electrons. The molecule has 1 aliphatic rings. The Bertz CT molecular complexity index is 1010. The highest BCUT2D eigenvalue weighted by Crippen LogP contribution is 2.22. The molecular weight excluding hydrogens is 379 g/mol. The maximum Gasteiger partial charge on any atom is 0.272 e. The summed E-state index contributed by atoms with van der Waals surface area (Å²) in [5.74, 6) is -0.463. The molecule has 3 aromatic rings. The van der Waals surface area contributed by atoms with Crippen molar-refractivity contribution in [3.8, 4) is 5.69 Å². The summed E-state index contributed by atoms with van der Waals surface area (Å²) in [6, 6.07) is 15.6. The Hall–Kier alpha value is -2.86. The molecular formula is C21H20ClFN4O. The lowest BCUT2D eigenvalue weighted by Gasteiger charge is -2.36. The number of aryl methyl sites for hydroxylation is 1. The van der Waals surface area contributed by atoms with Crippen LogP contribution in [0.2, 0.25) is 5.02 Å². The van der Waals surface area contributed by atoms with Gasteiger partial charge in [-0.05, 0) is 49.4 Å². The summed E-state index contributed by atoms with van der Waals surface area (Å²) in [5.41, 5.74) is 2.75. The highest BCUT2D eigenvalue weighted by molar-refractivity contribution is 6.30. The molecule has 1 aromatic heterocycles. The van der Waals surface area contributed by atoms with Gasteiger partial charge in [0, 0.05) is 36.9 Å². The molecule has 5 nitrogen and oxygen atoms in total. The molecule has 4 rings (SSSR count). The molecule has 0 atom stereocenters. The molecule has 1 aliphatic heterocycles. The van der Waals surface area contributed by atoms with E-state index in [0.29, 0.717) is 35.2 Å². The molecule has 0 aliphatic carbocycles. The van der Waals surface area contributed by atoms with Crippen LogP contribution in [-0.4, -0.2) is 46.8 Å². The van der Waals surface area contributed by atoms with E-state index >= 15 is 0 Å². The van der Waals surface area contributed by atoms with E-state index in [4.69, 9.17) is 11.6 Å². The lowest BCUT2D eigenvalue weighted by atomic mass is 10.2. The molecule has 0 spiro atoms. The van der Waals surface area contributed by atoms with Crippen molar-refractivity contribution in [1.29, 1.82) is 0 Å². The minimum Gasteiger partial charge on any atom is -0.368 e. The Morgan fingerprint density at radius 1 is 1.00 bits per heavy atom. The highest BCUT2D eigenvalue weighted by Gasteiger charge is 2.25. The summed E-state index contributed by atoms with van der Waals surface area (Å²) in [5, 5.41) is 5.09. The molecule has 0 radical (unpaired) electrons. The quantitative estimate of drug-likeness (QED) is 0.671. The summed E-state index contributed by atoms with van der Waals surface area (Å²) in [6.07, 6.45) is 0. The van der Waals surface area contributed by atoms with Crippen LogP contribution in [0.25, 0.3) is 5.69 Å². The first-order valence-electron chi connectivity index (χ1n) is 9.14. The molecule has 7 heteroatoms. The van der Waals surface area contributed by atoms with Gasteiger partial charge in [0.05, 0.1) is 11.4 Å². The maximum absolute atomic E-state index is 13.6. The van der Waals surface area contributed by atoms with Crippen LogP contribution in [-0.2, 0) is 0 Å². The fraction of sp³-hybridized carbons (Fsp3) is 0.238. The predicted octanol–water partition coefficient (Wildman–Crippen LogP) is 3.94. The van der Waals surface area contributed by atoms with Crippen LogP contribution < -0.4 is 4.90 Å². The van der Waals surface area contributed by atoms with E-state index in [9.17, 15) is 9.18 Å². The maximum atomic E-state index is 13.6. The van der Waals surface area contributed by atoms with E-state index in [2.05, 4.69) is 10.00 Å². The van der Waals surface area contributed by atoms with Gasteiger partial charge in [-0.3, -0.25) is 4.79 Å². The van der Waals surface area contributed by atoms with Gasteiger partial charge in [0.15, 0.2) is 0 Å². The van der Waals surface area contributed by atoms with Gasteiger partial charge in [0.25, 0.3) is 5.91 Å². The molecule has 1 saturated heterocycles. The molecule has 0 bridgehead atoms. The molecule has 0 saturated carbocycles. The Morgan fingerprint density at radius 2 is 1.71 bits per heavy atom. The van der Waals surface area contributed by atoms with Crippen LogP contribution in [0.4, 0.5) is 10.1 Å². The van der Waals surface area contributed by atoms with Crippen LogP contribution in [0.3, 0.4) is 0 Å². The first-order valence-corrected chi connectivity index (χ1v) is 9.51. The van der Waals surface area contributed by atoms with E-state index in [1.807, 2.05) is 36.1 Å². The Balaban J connectivity index is 1.52. The van der Waals surface area contributed by atoms with E-state index in [1.165, 1.54) is 16.8 Å². The summed E-state index contributed by atoms with van der Waals surface area (Å²) < 4.78 is 15.1. The second-order valence-corrected chi connectivity index (χ2v) is 7.26. The van der Waals surface area contributed by atoms with Crippen LogP contribution in [0.15, 0.2) is 54.6 Å². The summed E-state index contributed by atoms with van der Waals surface area (Å²) in [7, 11) is 0. The number of piperazine rings is 1. The van der Waals surface area contributed by atoms with Crippen molar-refractivity contribution in [1.82, 2.24) is 14.7 Å². The van der Waals surface area contributed by atoms with Crippen molar-refractivity contribution in [2.45, 2.75) is 6.92 Å². The Labute approximate surface area is 167 Å². The van der Waals surface area contributed by atoms with Gasteiger partial charge in [0.2, 0.25) is 0 Å². The number of anilines is 1. The third-order valence-electron chi connectivity index (χ3n) is 4.84. The average molecular weight is 399 g/mol. The molecule has 2 aromatic carbocycles. The third-order valence-corrected chi connectivity index (χ3v) is 5.08. The number of rotatable bonds is 3. The number of hydrogen-bond donors (Lipinski definition) is 0. The second kappa shape index (κ2) is 7.64. The van der Waals surface area contributed by atoms with Crippen molar-refractivity contribution in [3.63, 3.8) is 0 Å². The largest absolute Gasteiger partial charge is 0.368 e. The van der Waals surface area contributed by atoms with Gasteiger partial charge >= 0.3 is 0 Å². The first-order chi connectivity index (χ1) is 13.5. The number of amides is 1. The zero-order valence-electron chi connectivity index (χ0n) is 15.5. The minimum atomic E-state index is -0.362. The number of nitrogens with zero attached hydrogens (tertiary/aromatic N) is 4. The van der Waals surface area contributed by atoms with Crippen molar-refractivity contribution in [2.24, 2.45) is 0 Å². The van der Waals surface area contributed by atoms with Gasteiger partial charge in [-0.2, -0.15) is 5.10 Å². The number of aromatic nitrogens is 2. The van der Waals surface area contributed by atoms with Crippen molar-refractivity contribution < 1.29 is 9.18 Å². The van der Waals surface area contributed by atoms with Gasteiger partial charge < -0.3 is 9.80 Å². The van der Waals surface area contributed by atoms with Crippen LogP contribution >= 0.6 is 11.6 Å². The molecule has 1 fully saturated rings. The fourth-order valence-corrected chi connectivity index (χ4v) is 3.64. The normalized spacial score (nSPS) is 14.4. The van der Waals surface area contributed by atoms with Crippen LogP contribution in [0.5, 0.6) is 0 Å². The smallest absolute Gasteiger partial charge is 0.272 e. The van der Waals surface area contributed by atoms with Gasteiger partial charge in [-0.25, -0.2) is 9.07 Å². The van der Waals surface area contributed by atoms with Crippen molar-refractivity contribution in [2.75, 3.05) is 31.1 Å². The third kappa shape index (κ3) is 3.73. The first kappa shape index (κ1) is 18.5. The SMILES string of the molecule is Cc1cc(C(=O)N2CCN(c3cccc(Cl)c3)CC2)n(-c2cccc(F)c2)n1. The van der Waals surface area contributed by atoms with Crippen molar-refractivity contribution >= 4 is 23.2 Å². The average Bonchev–Trinajstić information content (AvgIpc) is 3.09. The summed E-state index contributed by atoms with van der Waals surface area (Å²) in [4.78, 5) is 17.1. The van der Waals surface area contributed by atoms with E-state index in [1.54, 1.807) is 18.2 Å². The van der Waals surface area contributed by atoms with Crippen LogP contribution in [0.1, 0.15) is 16.2 Å². The van der Waals surface area contributed by atoms with Gasteiger partial charge in [-0.15, -0.1) is 0 Å². The van der Waals surface area contributed by atoms with E-state index in [-0.39, 0.29) is 11.7 Å². The number of benzene rings is 2. The van der Waals surface area contributed by atoms with Gasteiger partial charge in [-0.1, -0.05) is 23.7 Å². The molecule has 2 heterocycles.